The number of aliphatic hydroxyl groups is 3. The molecule has 0 spiro atoms. The molecule has 0 aromatic heterocycles. The van der Waals surface area contributed by atoms with Gasteiger partial charge in [0.1, 0.15) is 24.4 Å². The minimum Gasteiger partial charge on any atom is -0.394 e. The quantitative estimate of drug-likeness (QED) is 0.397. The number of aliphatic hydroxyl groups excluding tert-OH is 3. The predicted molar refractivity (Wildman–Crippen MR) is 81.1 cm³/mol. The average molecular weight is 302 g/mol. The molecule has 1 aliphatic heterocycles. The highest BCUT2D eigenvalue weighted by molar-refractivity contribution is 4.89. The standard InChI is InChI=1S/C16H30O5/c1-2-3-4-5-6-7-8-9-10-20-14(11-17)16-15(19)13(18)12-21-16/h8-9,13-19H,2-7,10-12H2,1H3/b9-8+/t13-,14+,15+,16+/m0/s1. The van der Waals surface area contributed by atoms with Gasteiger partial charge in [-0.1, -0.05) is 44.8 Å². The van der Waals surface area contributed by atoms with Crippen LogP contribution in [0.5, 0.6) is 0 Å². The van der Waals surface area contributed by atoms with Gasteiger partial charge in [-0.2, -0.15) is 0 Å². The lowest BCUT2D eigenvalue weighted by molar-refractivity contribution is -0.0942. The summed E-state index contributed by atoms with van der Waals surface area (Å²) in [6, 6.07) is 0. The van der Waals surface area contributed by atoms with E-state index in [0.29, 0.717) is 6.61 Å². The van der Waals surface area contributed by atoms with Crippen LogP contribution in [0.2, 0.25) is 0 Å². The Morgan fingerprint density at radius 1 is 1.19 bits per heavy atom. The van der Waals surface area contributed by atoms with Gasteiger partial charge in [-0.05, 0) is 12.8 Å². The number of hydrogen-bond acceptors (Lipinski definition) is 5. The molecular weight excluding hydrogens is 272 g/mol. The van der Waals surface area contributed by atoms with E-state index in [4.69, 9.17) is 9.47 Å². The van der Waals surface area contributed by atoms with E-state index in [0.717, 1.165) is 6.42 Å². The summed E-state index contributed by atoms with van der Waals surface area (Å²) in [5.74, 6) is 0. The van der Waals surface area contributed by atoms with Crippen molar-refractivity contribution in [2.75, 3.05) is 19.8 Å². The van der Waals surface area contributed by atoms with Crippen molar-refractivity contribution in [3.05, 3.63) is 12.2 Å². The summed E-state index contributed by atoms with van der Waals surface area (Å²) >= 11 is 0. The van der Waals surface area contributed by atoms with Crippen molar-refractivity contribution in [2.24, 2.45) is 0 Å². The van der Waals surface area contributed by atoms with E-state index in [-0.39, 0.29) is 13.2 Å². The Labute approximate surface area is 127 Å². The third-order valence-corrected chi connectivity index (χ3v) is 3.78. The van der Waals surface area contributed by atoms with Gasteiger partial charge in [0.25, 0.3) is 0 Å². The van der Waals surface area contributed by atoms with Gasteiger partial charge in [0.05, 0.1) is 19.8 Å². The average Bonchev–Trinajstić information content (AvgIpc) is 2.82. The fourth-order valence-electron chi connectivity index (χ4n) is 2.44. The highest BCUT2D eigenvalue weighted by Crippen LogP contribution is 2.19. The minimum atomic E-state index is -0.996. The van der Waals surface area contributed by atoms with E-state index in [1.807, 2.05) is 6.08 Å². The summed E-state index contributed by atoms with van der Waals surface area (Å²) in [6.45, 7) is 2.43. The Bertz CT molecular complexity index is 282. The van der Waals surface area contributed by atoms with E-state index in [2.05, 4.69) is 13.0 Å². The van der Waals surface area contributed by atoms with Crippen LogP contribution in [0, 0.1) is 0 Å². The highest BCUT2D eigenvalue weighted by atomic mass is 16.6. The first-order valence-electron chi connectivity index (χ1n) is 8.05. The summed E-state index contributed by atoms with van der Waals surface area (Å²) in [6.07, 6.45) is 8.22. The lowest BCUT2D eigenvalue weighted by Crippen LogP contribution is -2.42. The molecule has 0 aromatic carbocycles. The molecule has 0 radical (unpaired) electrons. The van der Waals surface area contributed by atoms with Gasteiger partial charge in [0.15, 0.2) is 0 Å². The minimum absolute atomic E-state index is 0.0826. The van der Waals surface area contributed by atoms with Gasteiger partial charge < -0.3 is 24.8 Å². The molecule has 0 aromatic rings. The molecular formula is C16H30O5. The second-order valence-electron chi connectivity index (χ2n) is 5.58. The lowest BCUT2D eigenvalue weighted by Gasteiger charge is -2.23. The maximum Gasteiger partial charge on any atom is 0.114 e. The van der Waals surface area contributed by atoms with Crippen molar-refractivity contribution in [2.45, 2.75) is 69.9 Å². The van der Waals surface area contributed by atoms with E-state index >= 15 is 0 Å². The molecule has 0 bridgehead atoms. The SMILES string of the molecule is CCCCCCC/C=C/CO[C@H](CO)[C@H]1OC[C@H](O)[C@H]1O. The van der Waals surface area contributed by atoms with Crippen molar-refractivity contribution in [3.8, 4) is 0 Å². The maximum atomic E-state index is 9.72. The Balaban J connectivity index is 2.12. The number of unbranched alkanes of at least 4 members (excludes halogenated alkanes) is 5. The van der Waals surface area contributed by atoms with Crippen LogP contribution in [0.15, 0.2) is 12.2 Å². The van der Waals surface area contributed by atoms with Crippen molar-refractivity contribution in [3.63, 3.8) is 0 Å². The molecule has 0 amide bonds. The molecule has 124 valence electrons. The normalized spacial score (nSPS) is 27.5. The van der Waals surface area contributed by atoms with Crippen LogP contribution in [-0.2, 0) is 9.47 Å². The zero-order valence-corrected chi connectivity index (χ0v) is 13.0. The van der Waals surface area contributed by atoms with Crippen LogP contribution in [0.4, 0.5) is 0 Å². The summed E-state index contributed by atoms with van der Waals surface area (Å²) in [4.78, 5) is 0. The molecule has 3 N–H and O–H groups in total. The largest absolute Gasteiger partial charge is 0.394 e. The molecule has 5 nitrogen and oxygen atoms in total. The number of hydrogen-bond donors (Lipinski definition) is 3. The second kappa shape index (κ2) is 11.2. The van der Waals surface area contributed by atoms with E-state index in [1.165, 1.54) is 32.1 Å². The molecule has 1 saturated heterocycles. The number of ether oxygens (including phenoxy) is 2. The van der Waals surface area contributed by atoms with Crippen LogP contribution in [0.1, 0.15) is 45.4 Å². The smallest absolute Gasteiger partial charge is 0.114 e. The van der Waals surface area contributed by atoms with Crippen molar-refractivity contribution < 1.29 is 24.8 Å². The first-order chi connectivity index (χ1) is 10.2. The first kappa shape index (κ1) is 18.6. The van der Waals surface area contributed by atoms with E-state index < -0.39 is 24.4 Å². The Morgan fingerprint density at radius 3 is 2.57 bits per heavy atom. The number of allylic oxidation sites excluding steroid dienone is 1. The summed E-state index contributed by atoms with van der Waals surface area (Å²) < 4.78 is 10.8. The zero-order chi connectivity index (χ0) is 15.5. The lowest BCUT2D eigenvalue weighted by atomic mass is 10.1. The van der Waals surface area contributed by atoms with Gasteiger partial charge in [-0.3, -0.25) is 0 Å². The van der Waals surface area contributed by atoms with E-state index in [9.17, 15) is 15.3 Å². The monoisotopic (exact) mass is 302 g/mol. The van der Waals surface area contributed by atoms with Crippen LogP contribution in [-0.4, -0.2) is 59.6 Å². The van der Waals surface area contributed by atoms with E-state index in [1.54, 1.807) is 0 Å². The molecule has 0 saturated carbocycles. The molecule has 1 heterocycles. The topological polar surface area (TPSA) is 79.2 Å². The summed E-state index contributed by atoms with van der Waals surface area (Å²) in [7, 11) is 0. The molecule has 21 heavy (non-hydrogen) atoms. The number of rotatable bonds is 11. The van der Waals surface area contributed by atoms with Crippen molar-refractivity contribution in [1.82, 2.24) is 0 Å². The summed E-state index contributed by atoms with van der Waals surface area (Å²) in [5.41, 5.74) is 0. The second-order valence-corrected chi connectivity index (χ2v) is 5.58. The van der Waals surface area contributed by atoms with Gasteiger partial charge >= 0.3 is 0 Å². The fraction of sp³-hybridized carbons (Fsp3) is 0.875. The molecule has 4 atom stereocenters. The fourth-order valence-corrected chi connectivity index (χ4v) is 2.44. The van der Waals surface area contributed by atoms with Gasteiger partial charge in [0.2, 0.25) is 0 Å². The van der Waals surface area contributed by atoms with Crippen LogP contribution in [0.25, 0.3) is 0 Å². The molecule has 5 heteroatoms. The van der Waals surface area contributed by atoms with Crippen LogP contribution >= 0.6 is 0 Å². The maximum absolute atomic E-state index is 9.72. The van der Waals surface area contributed by atoms with Gasteiger partial charge in [-0.15, -0.1) is 0 Å². The molecule has 1 fully saturated rings. The van der Waals surface area contributed by atoms with Crippen molar-refractivity contribution in [1.29, 1.82) is 0 Å². The molecule has 1 rings (SSSR count). The van der Waals surface area contributed by atoms with Crippen molar-refractivity contribution >= 4 is 0 Å². The zero-order valence-electron chi connectivity index (χ0n) is 13.0. The third kappa shape index (κ3) is 6.89. The predicted octanol–water partition coefficient (Wildman–Crippen LogP) is 1.40. The Kier molecular flexibility index (Phi) is 9.87. The highest BCUT2D eigenvalue weighted by Gasteiger charge is 2.40. The first-order valence-corrected chi connectivity index (χ1v) is 8.05. The third-order valence-electron chi connectivity index (χ3n) is 3.78. The molecule has 0 aliphatic carbocycles. The Hall–Kier alpha value is -0.460. The van der Waals surface area contributed by atoms with Crippen LogP contribution < -0.4 is 0 Å². The van der Waals surface area contributed by atoms with Gasteiger partial charge in [-0.25, -0.2) is 0 Å². The van der Waals surface area contributed by atoms with Crippen LogP contribution in [0.3, 0.4) is 0 Å². The molecule has 0 unspecified atom stereocenters. The summed E-state index contributed by atoms with van der Waals surface area (Å²) in [5, 5.41) is 28.4. The molecule has 1 aliphatic rings. The Morgan fingerprint density at radius 2 is 1.95 bits per heavy atom. The van der Waals surface area contributed by atoms with Gasteiger partial charge in [0, 0.05) is 0 Å².